The number of carboxylic acid groups (broad SMARTS) is 1. The molecule has 0 radical (unpaired) electrons. The fourth-order valence-electron chi connectivity index (χ4n) is 10.2. The van der Waals surface area contributed by atoms with Crippen molar-refractivity contribution in [2.75, 3.05) is 33.9 Å². The van der Waals surface area contributed by atoms with E-state index in [1.54, 1.807) is 0 Å². The third-order valence-electron chi connectivity index (χ3n) is 14.0. The molecule has 0 bridgehead atoms. The molecule has 0 saturated carbocycles. The van der Waals surface area contributed by atoms with Crippen molar-refractivity contribution in [1.29, 1.82) is 0 Å². The Bertz CT molecular complexity index is 1080. The third-order valence-corrected chi connectivity index (χ3v) is 14.0. The smallest absolute Gasteiger partial charge is 0.314 e. The first kappa shape index (κ1) is 60.8. The van der Waals surface area contributed by atoms with Gasteiger partial charge in [-0.1, -0.05) is 158 Å². The van der Waals surface area contributed by atoms with Crippen molar-refractivity contribution in [1.82, 2.24) is 4.90 Å². The Balaban J connectivity index is 7.47. The van der Waals surface area contributed by atoms with Crippen LogP contribution in [-0.2, 0) is 33.4 Å². The van der Waals surface area contributed by atoms with Crippen LogP contribution in [0.3, 0.4) is 0 Å². The number of unbranched alkanes of at least 4 members (excludes halogenated alkanes) is 13. The molecule has 0 saturated heterocycles. The quantitative estimate of drug-likeness (QED) is 0.0362. The lowest BCUT2D eigenvalue weighted by Crippen LogP contribution is -2.64. The van der Waals surface area contributed by atoms with Gasteiger partial charge in [0.15, 0.2) is 0 Å². The minimum Gasteiger partial charge on any atom is -0.481 e. The molecule has 1 N–H and O–H groups in total. The monoisotopic (exact) mass is 894 g/mol. The lowest BCUT2D eigenvalue weighted by atomic mass is 9.53. The molecule has 0 aromatic rings. The van der Waals surface area contributed by atoms with Gasteiger partial charge in [-0.2, -0.15) is 0 Å². The molecular weight excluding hydrogens is 791 g/mol. The largest absolute Gasteiger partial charge is 0.481 e. The van der Waals surface area contributed by atoms with Gasteiger partial charge in [0.1, 0.15) is 11.0 Å². The second-order valence-corrected chi connectivity index (χ2v) is 19.5. The van der Waals surface area contributed by atoms with E-state index < -0.39 is 28.8 Å². The van der Waals surface area contributed by atoms with Crippen molar-refractivity contribution < 1.29 is 38.5 Å². The molecule has 0 aromatic heterocycles. The fraction of sp³-hybridized carbons (Fsp3) is 0.926. The first-order chi connectivity index (χ1) is 30.3. The standard InChI is InChI=1S/C54H103NO8/c1-11-19-25-33-45(34-26-20-12-2)41-50(57)61-43-47(17-7)54(52(59)60,48(18-8)44-62-51(58)42-46(35-27-21-13-3)36-28-22-14-4)53(38-30-23-15-5,39-31-24-16-6)63-49(56)37-29-32-40-55(9)10/h45-48H,11-44H2,1-10H3,(H,59,60). The van der Waals surface area contributed by atoms with Gasteiger partial charge >= 0.3 is 23.9 Å². The van der Waals surface area contributed by atoms with Crippen LogP contribution in [0, 0.1) is 29.1 Å². The maximum Gasteiger partial charge on any atom is 0.314 e. The molecule has 0 aliphatic rings. The Kier molecular flexibility index (Phi) is 36.7. The normalized spacial score (nSPS) is 13.9. The summed E-state index contributed by atoms with van der Waals surface area (Å²) in [6.07, 6.45) is 26.0. The molecule has 2 unspecified atom stereocenters. The first-order valence-corrected chi connectivity index (χ1v) is 26.7. The average molecular weight is 894 g/mol. The van der Waals surface area contributed by atoms with E-state index in [1.807, 2.05) is 27.9 Å². The fourth-order valence-corrected chi connectivity index (χ4v) is 10.2. The zero-order valence-electron chi connectivity index (χ0n) is 43.1. The molecule has 0 fully saturated rings. The zero-order valence-corrected chi connectivity index (χ0v) is 43.1. The number of rotatable bonds is 44. The number of carbonyl (C=O) groups is 4. The Morgan fingerprint density at radius 1 is 0.492 bits per heavy atom. The SMILES string of the molecule is CCCCCC(CCCCC)CC(=O)OCC(CC)C(C(=O)O)(C(CC)COC(=O)CC(CCCCC)CCCCC)C(CCCCC)(CCCCC)OC(=O)CCCCN(C)C. The first-order valence-electron chi connectivity index (χ1n) is 26.7. The number of aliphatic carboxylic acids is 1. The molecule has 0 amide bonds. The van der Waals surface area contributed by atoms with Gasteiger partial charge in [-0.15, -0.1) is 0 Å². The Morgan fingerprint density at radius 2 is 0.857 bits per heavy atom. The number of carbonyl (C=O) groups excluding carboxylic acids is 3. The van der Waals surface area contributed by atoms with Gasteiger partial charge in [-0.3, -0.25) is 19.2 Å². The number of esters is 3. The van der Waals surface area contributed by atoms with Crippen molar-refractivity contribution in [2.24, 2.45) is 29.1 Å². The van der Waals surface area contributed by atoms with E-state index in [0.717, 1.165) is 141 Å². The summed E-state index contributed by atoms with van der Waals surface area (Å²) < 4.78 is 19.4. The zero-order chi connectivity index (χ0) is 47.4. The molecule has 9 nitrogen and oxygen atoms in total. The highest BCUT2D eigenvalue weighted by molar-refractivity contribution is 5.79. The van der Waals surface area contributed by atoms with E-state index >= 15 is 0 Å². The second kappa shape index (κ2) is 38.0. The number of nitrogens with zero attached hydrogens (tertiary/aromatic N) is 1. The van der Waals surface area contributed by atoms with E-state index in [9.17, 15) is 24.3 Å². The lowest BCUT2D eigenvalue weighted by Gasteiger charge is -2.54. The minimum atomic E-state index is -1.69. The summed E-state index contributed by atoms with van der Waals surface area (Å²) in [7, 11) is 4.03. The van der Waals surface area contributed by atoms with Gasteiger partial charge in [0.2, 0.25) is 0 Å². The molecule has 9 heteroatoms. The summed E-state index contributed by atoms with van der Waals surface area (Å²) in [5.74, 6) is -2.95. The number of carboxylic acids is 1. The van der Waals surface area contributed by atoms with Gasteiger partial charge in [0.05, 0.1) is 13.2 Å². The molecular formula is C54H103NO8. The van der Waals surface area contributed by atoms with Gasteiger partial charge in [0, 0.05) is 31.1 Å². The minimum absolute atomic E-state index is 0.0939. The maximum absolute atomic E-state index is 14.8. The van der Waals surface area contributed by atoms with Crippen LogP contribution in [0.1, 0.15) is 254 Å². The Labute approximate surface area is 389 Å². The van der Waals surface area contributed by atoms with Crippen molar-refractivity contribution in [3.05, 3.63) is 0 Å². The van der Waals surface area contributed by atoms with Crippen LogP contribution >= 0.6 is 0 Å². The van der Waals surface area contributed by atoms with Crippen molar-refractivity contribution >= 4 is 23.9 Å². The summed E-state index contributed by atoms with van der Waals surface area (Å²) in [5.41, 5.74) is -3.10. The number of ether oxygens (including phenoxy) is 3. The van der Waals surface area contributed by atoms with E-state index in [4.69, 9.17) is 14.2 Å². The van der Waals surface area contributed by atoms with E-state index in [-0.39, 0.29) is 49.4 Å². The van der Waals surface area contributed by atoms with Crippen molar-refractivity contribution in [3.63, 3.8) is 0 Å². The summed E-state index contributed by atoms with van der Waals surface area (Å²) in [5, 5.41) is 12.1. The summed E-state index contributed by atoms with van der Waals surface area (Å²) in [6.45, 7) is 17.6. The van der Waals surface area contributed by atoms with Gasteiger partial charge < -0.3 is 24.2 Å². The number of hydrogen-bond acceptors (Lipinski definition) is 8. The van der Waals surface area contributed by atoms with Crippen LogP contribution in [0.4, 0.5) is 0 Å². The molecule has 2 atom stereocenters. The van der Waals surface area contributed by atoms with Crippen LogP contribution in [0.15, 0.2) is 0 Å². The Hall–Kier alpha value is -2.16. The van der Waals surface area contributed by atoms with Gasteiger partial charge in [0.25, 0.3) is 0 Å². The molecule has 0 aliphatic carbocycles. The van der Waals surface area contributed by atoms with Gasteiger partial charge in [-0.05, 0) is 110 Å². The van der Waals surface area contributed by atoms with Gasteiger partial charge in [-0.25, -0.2) is 0 Å². The van der Waals surface area contributed by atoms with Crippen LogP contribution in [0.2, 0.25) is 0 Å². The molecule has 0 spiro atoms. The Morgan fingerprint density at radius 3 is 1.17 bits per heavy atom. The van der Waals surface area contributed by atoms with Crippen LogP contribution in [0.25, 0.3) is 0 Å². The number of hydrogen-bond donors (Lipinski definition) is 1. The molecule has 0 aromatic carbocycles. The molecule has 0 rings (SSSR count). The van der Waals surface area contributed by atoms with Crippen molar-refractivity contribution in [3.8, 4) is 0 Å². The van der Waals surface area contributed by atoms with Crippen LogP contribution in [0.5, 0.6) is 0 Å². The highest BCUT2D eigenvalue weighted by atomic mass is 16.6. The second-order valence-electron chi connectivity index (χ2n) is 19.5. The summed E-state index contributed by atoms with van der Waals surface area (Å²) in [4.78, 5) is 59.0. The molecule has 0 heterocycles. The highest BCUT2D eigenvalue weighted by Gasteiger charge is 2.66. The third kappa shape index (κ3) is 24.3. The van der Waals surface area contributed by atoms with Crippen LogP contribution in [-0.4, -0.2) is 73.3 Å². The average Bonchev–Trinajstić information content (AvgIpc) is 3.24. The topological polar surface area (TPSA) is 119 Å². The predicted octanol–water partition coefficient (Wildman–Crippen LogP) is 14.7. The maximum atomic E-state index is 14.8. The van der Waals surface area contributed by atoms with Crippen molar-refractivity contribution in [2.45, 2.75) is 260 Å². The molecule has 372 valence electrons. The lowest BCUT2D eigenvalue weighted by molar-refractivity contribution is -0.224. The van der Waals surface area contributed by atoms with Crippen LogP contribution < -0.4 is 0 Å². The predicted molar refractivity (Wildman–Crippen MR) is 262 cm³/mol. The van der Waals surface area contributed by atoms with E-state index in [1.165, 1.54) is 0 Å². The summed E-state index contributed by atoms with van der Waals surface area (Å²) in [6, 6.07) is 0. The highest BCUT2D eigenvalue weighted by Crippen LogP contribution is 2.55. The van der Waals surface area contributed by atoms with E-state index in [0.29, 0.717) is 57.8 Å². The van der Waals surface area contributed by atoms with E-state index in [2.05, 4.69) is 46.4 Å². The summed E-state index contributed by atoms with van der Waals surface area (Å²) >= 11 is 0. The molecule has 0 aliphatic heterocycles. The molecule has 63 heavy (non-hydrogen) atoms.